The van der Waals surface area contributed by atoms with Crippen LogP contribution in [0.25, 0.3) is 0 Å². The number of aliphatic carboxylic acids is 1. The second kappa shape index (κ2) is 7.67. The third kappa shape index (κ3) is 3.45. The van der Waals surface area contributed by atoms with Gasteiger partial charge in [0.1, 0.15) is 11.5 Å². The number of hydrogen-bond donors (Lipinski definition) is 1. The standard InChI is InChI=1S/C27H27BrO3/c1-18-9-10-24(31-18)23-16-20-6-2-3-8-22(20)27(23)13-11-26(12-14-27,25(29)30)17-19-5-4-7-21(28)15-19/h2-10,15,23H,11-14,16-17H2,1H3,(H,29,30). The molecule has 1 heterocycles. The maximum Gasteiger partial charge on any atom is 0.309 e. The molecule has 3 nitrogen and oxygen atoms in total. The highest BCUT2D eigenvalue weighted by Crippen LogP contribution is 2.59. The van der Waals surface area contributed by atoms with E-state index < -0.39 is 11.4 Å². The average molecular weight is 479 g/mol. The lowest BCUT2D eigenvalue weighted by molar-refractivity contribution is -0.152. The molecule has 1 fully saturated rings. The van der Waals surface area contributed by atoms with Crippen molar-refractivity contribution in [2.45, 2.75) is 56.8 Å². The number of carboxylic acid groups (broad SMARTS) is 1. The molecule has 3 aromatic rings. The van der Waals surface area contributed by atoms with E-state index in [1.807, 2.05) is 37.3 Å². The second-order valence-corrected chi connectivity index (χ2v) is 10.3. The van der Waals surface area contributed by atoms with Crippen molar-refractivity contribution in [3.63, 3.8) is 0 Å². The quantitative estimate of drug-likeness (QED) is 0.447. The lowest BCUT2D eigenvalue weighted by atomic mass is 9.57. The number of carbonyl (C=O) groups is 1. The molecule has 0 aliphatic heterocycles. The van der Waals surface area contributed by atoms with Gasteiger partial charge in [-0.15, -0.1) is 0 Å². The Bertz CT molecular complexity index is 1120. The number of halogens is 1. The van der Waals surface area contributed by atoms with E-state index in [0.29, 0.717) is 19.3 Å². The number of rotatable bonds is 4. The third-order valence-corrected chi connectivity index (χ3v) is 8.23. The monoisotopic (exact) mass is 478 g/mol. The summed E-state index contributed by atoms with van der Waals surface area (Å²) in [6.45, 7) is 1.99. The van der Waals surface area contributed by atoms with Crippen LogP contribution in [0.15, 0.2) is 69.6 Å². The Balaban J connectivity index is 1.50. The van der Waals surface area contributed by atoms with Crippen LogP contribution in [0.1, 0.15) is 59.8 Å². The molecule has 1 saturated carbocycles. The van der Waals surface area contributed by atoms with Gasteiger partial charge in [-0.2, -0.15) is 0 Å². The van der Waals surface area contributed by atoms with Gasteiger partial charge in [-0.05, 0) is 86.4 Å². The van der Waals surface area contributed by atoms with E-state index >= 15 is 0 Å². The predicted octanol–water partition coefficient (Wildman–Crippen LogP) is 6.82. The van der Waals surface area contributed by atoms with Crippen LogP contribution in [0.2, 0.25) is 0 Å². The van der Waals surface area contributed by atoms with Gasteiger partial charge < -0.3 is 9.52 Å². The van der Waals surface area contributed by atoms with E-state index in [1.54, 1.807) is 0 Å². The van der Waals surface area contributed by atoms with Gasteiger partial charge in [-0.1, -0.05) is 52.3 Å². The first-order valence-electron chi connectivity index (χ1n) is 11.0. The highest BCUT2D eigenvalue weighted by Gasteiger charge is 2.54. The molecule has 31 heavy (non-hydrogen) atoms. The molecule has 4 heteroatoms. The van der Waals surface area contributed by atoms with Crippen LogP contribution < -0.4 is 0 Å². The van der Waals surface area contributed by atoms with Crippen molar-refractivity contribution in [3.05, 3.63) is 93.3 Å². The Morgan fingerprint density at radius 3 is 2.52 bits per heavy atom. The Morgan fingerprint density at radius 2 is 1.84 bits per heavy atom. The maximum absolute atomic E-state index is 12.5. The molecule has 1 unspecified atom stereocenters. The van der Waals surface area contributed by atoms with Crippen molar-refractivity contribution in [1.82, 2.24) is 0 Å². The Hall–Kier alpha value is -2.33. The van der Waals surface area contributed by atoms with E-state index in [4.69, 9.17) is 4.42 Å². The third-order valence-electron chi connectivity index (χ3n) is 7.73. The van der Waals surface area contributed by atoms with Gasteiger partial charge in [-0.25, -0.2) is 0 Å². The SMILES string of the molecule is Cc1ccc(C2Cc3ccccc3C23CCC(Cc2cccc(Br)c2)(C(=O)O)CC3)o1. The van der Waals surface area contributed by atoms with Gasteiger partial charge in [0.15, 0.2) is 0 Å². The maximum atomic E-state index is 12.5. The van der Waals surface area contributed by atoms with Crippen LogP contribution in [0, 0.1) is 12.3 Å². The Labute approximate surface area is 191 Å². The van der Waals surface area contributed by atoms with Gasteiger partial charge in [0.2, 0.25) is 0 Å². The lowest BCUT2D eigenvalue weighted by Crippen LogP contribution is -2.44. The normalized spacial score (nSPS) is 27.4. The molecule has 0 saturated heterocycles. The van der Waals surface area contributed by atoms with Crippen LogP contribution in [-0.2, 0) is 23.1 Å². The summed E-state index contributed by atoms with van der Waals surface area (Å²) in [5, 5.41) is 10.3. The van der Waals surface area contributed by atoms with E-state index in [1.165, 1.54) is 11.1 Å². The van der Waals surface area contributed by atoms with Crippen molar-refractivity contribution in [2.75, 3.05) is 0 Å². The molecule has 1 spiro atoms. The second-order valence-electron chi connectivity index (χ2n) is 9.41. The first kappa shape index (κ1) is 20.6. The topological polar surface area (TPSA) is 50.4 Å². The summed E-state index contributed by atoms with van der Waals surface area (Å²) < 4.78 is 7.11. The van der Waals surface area contributed by atoms with E-state index in [9.17, 15) is 9.90 Å². The largest absolute Gasteiger partial charge is 0.481 e. The fourth-order valence-corrected chi connectivity index (χ4v) is 6.54. The van der Waals surface area contributed by atoms with E-state index in [-0.39, 0.29) is 11.3 Å². The van der Waals surface area contributed by atoms with Crippen LogP contribution in [0.5, 0.6) is 0 Å². The van der Waals surface area contributed by atoms with Crippen molar-refractivity contribution < 1.29 is 14.3 Å². The molecular formula is C27H27BrO3. The molecule has 0 bridgehead atoms. The van der Waals surface area contributed by atoms with Crippen LogP contribution >= 0.6 is 15.9 Å². The molecular weight excluding hydrogens is 452 g/mol. The molecule has 0 radical (unpaired) electrons. The summed E-state index contributed by atoms with van der Waals surface area (Å²) in [7, 11) is 0. The molecule has 2 aromatic carbocycles. The van der Waals surface area contributed by atoms with Crippen molar-refractivity contribution >= 4 is 21.9 Å². The van der Waals surface area contributed by atoms with Crippen LogP contribution in [0.3, 0.4) is 0 Å². The zero-order valence-electron chi connectivity index (χ0n) is 17.7. The summed E-state index contributed by atoms with van der Waals surface area (Å²) in [5.41, 5.74) is 3.11. The van der Waals surface area contributed by atoms with E-state index in [2.05, 4.69) is 46.3 Å². The van der Waals surface area contributed by atoms with Gasteiger partial charge in [-0.3, -0.25) is 4.79 Å². The van der Waals surface area contributed by atoms with Crippen molar-refractivity contribution in [1.29, 1.82) is 0 Å². The summed E-state index contributed by atoms with van der Waals surface area (Å²) in [4.78, 5) is 12.5. The first-order valence-corrected chi connectivity index (χ1v) is 11.8. The summed E-state index contributed by atoms with van der Waals surface area (Å²) in [5.74, 6) is 1.59. The molecule has 0 amide bonds. The molecule has 160 valence electrons. The van der Waals surface area contributed by atoms with Gasteiger partial charge >= 0.3 is 5.97 Å². The van der Waals surface area contributed by atoms with Gasteiger partial charge in [0.25, 0.3) is 0 Å². The van der Waals surface area contributed by atoms with Gasteiger partial charge in [0, 0.05) is 15.8 Å². The van der Waals surface area contributed by atoms with Crippen LogP contribution in [-0.4, -0.2) is 11.1 Å². The van der Waals surface area contributed by atoms with Crippen molar-refractivity contribution in [2.24, 2.45) is 5.41 Å². The van der Waals surface area contributed by atoms with Crippen molar-refractivity contribution in [3.8, 4) is 0 Å². The molecule has 1 aromatic heterocycles. The molecule has 5 rings (SSSR count). The fourth-order valence-electron chi connectivity index (χ4n) is 6.10. The number of furan rings is 1. The Kier molecular flexibility index (Phi) is 5.09. The highest BCUT2D eigenvalue weighted by molar-refractivity contribution is 9.10. The summed E-state index contributed by atoms with van der Waals surface area (Å²) >= 11 is 3.53. The van der Waals surface area contributed by atoms with Gasteiger partial charge in [0.05, 0.1) is 5.41 Å². The highest BCUT2D eigenvalue weighted by atomic mass is 79.9. The van der Waals surface area contributed by atoms with Crippen LogP contribution in [0.4, 0.5) is 0 Å². The minimum Gasteiger partial charge on any atom is -0.481 e. The molecule has 2 aliphatic rings. The number of hydrogen-bond acceptors (Lipinski definition) is 2. The zero-order valence-corrected chi connectivity index (χ0v) is 19.3. The zero-order chi connectivity index (χ0) is 21.6. The minimum absolute atomic E-state index is 0.0445. The minimum atomic E-state index is -0.715. The smallest absolute Gasteiger partial charge is 0.309 e. The first-order chi connectivity index (χ1) is 14.9. The predicted molar refractivity (Wildman–Crippen MR) is 124 cm³/mol. The number of aryl methyl sites for hydroxylation is 1. The number of fused-ring (bicyclic) bond motifs is 2. The molecule has 2 aliphatic carbocycles. The fraction of sp³-hybridized carbons (Fsp3) is 0.370. The lowest BCUT2D eigenvalue weighted by Gasteiger charge is -2.46. The summed E-state index contributed by atoms with van der Waals surface area (Å²) in [6, 6.07) is 20.9. The average Bonchev–Trinajstić information content (AvgIpc) is 3.32. The Morgan fingerprint density at radius 1 is 1.06 bits per heavy atom. The number of benzene rings is 2. The molecule has 1 atom stereocenters. The van der Waals surface area contributed by atoms with E-state index in [0.717, 1.165) is 40.8 Å². The molecule has 1 N–H and O–H groups in total. The number of carboxylic acids is 1. The summed E-state index contributed by atoms with van der Waals surface area (Å²) in [6.07, 6.45) is 4.64.